The lowest BCUT2D eigenvalue weighted by Crippen LogP contribution is -2.57. The van der Waals surface area contributed by atoms with Gasteiger partial charge in [0.05, 0.1) is 18.1 Å². The predicted octanol–water partition coefficient (Wildman–Crippen LogP) is 3.30. The molecule has 2 N–H and O–H groups in total. The molecule has 1 aliphatic heterocycles. The Labute approximate surface area is 224 Å². The van der Waals surface area contributed by atoms with Crippen molar-refractivity contribution >= 4 is 23.7 Å². The molecule has 1 saturated carbocycles. The molecule has 1 saturated heterocycles. The lowest BCUT2D eigenvalue weighted by Gasteiger charge is -2.34. The van der Waals surface area contributed by atoms with Crippen molar-refractivity contribution in [3.8, 4) is 6.07 Å². The van der Waals surface area contributed by atoms with E-state index >= 15 is 0 Å². The number of benzene rings is 2. The number of carbonyl (C=O) groups excluding carboxylic acids is 3. The summed E-state index contributed by atoms with van der Waals surface area (Å²) in [6, 6.07) is 9.38. The van der Waals surface area contributed by atoms with Gasteiger partial charge in [0, 0.05) is 36.3 Å². The van der Waals surface area contributed by atoms with Gasteiger partial charge in [0.2, 0.25) is 0 Å². The second kappa shape index (κ2) is 12.0. The first-order chi connectivity index (χ1) is 18.7. The number of carbonyl (C=O) groups is 4. The van der Waals surface area contributed by atoms with Crippen molar-refractivity contribution in [1.29, 1.82) is 5.26 Å². The molecule has 1 heterocycles. The average molecular weight is 539 g/mol. The Morgan fingerprint density at radius 3 is 2.15 bits per heavy atom. The molecule has 2 fully saturated rings. The molecule has 0 spiro atoms. The van der Waals surface area contributed by atoms with E-state index in [1.165, 1.54) is 24.3 Å². The van der Waals surface area contributed by atoms with Gasteiger partial charge in [0.25, 0.3) is 17.7 Å². The third-order valence-electron chi connectivity index (χ3n) is 7.22. The van der Waals surface area contributed by atoms with Crippen LogP contribution in [0.3, 0.4) is 0 Å². The minimum Gasteiger partial charge on any atom is -0.481 e. The number of rotatable bonds is 7. The van der Waals surface area contributed by atoms with E-state index in [1.807, 2.05) is 6.07 Å². The van der Waals surface area contributed by atoms with Gasteiger partial charge < -0.3 is 20.2 Å². The van der Waals surface area contributed by atoms with Crippen molar-refractivity contribution in [1.82, 2.24) is 15.1 Å². The summed E-state index contributed by atoms with van der Waals surface area (Å²) in [5.74, 6) is -5.38. The number of nitriles is 1. The van der Waals surface area contributed by atoms with Crippen LogP contribution in [-0.2, 0) is 9.59 Å². The second-order valence-electron chi connectivity index (χ2n) is 9.83. The maximum atomic E-state index is 13.9. The molecule has 0 bridgehead atoms. The summed E-state index contributed by atoms with van der Waals surface area (Å²) in [4.78, 5) is 54.4. The molecule has 0 radical (unpaired) electrons. The summed E-state index contributed by atoms with van der Waals surface area (Å²) in [6.07, 6.45) is 2.45. The SMILES string of the molecule is N#Cc1cccc(C(=O)N2CCN(C(=O)c3cc(F)cc(F)c3)C2C(=O)NC(CC(=O)O)C2CCCCC2)c1. The highest BCUT2D eigenvalue weighted by molar-refractivity contribution is 6.02. The molecule has 2 aromatic rings. The Kier molecular flexibility index (Phi) is 8.54. The first-order valence-corrected chi connectivity index (χ1v) is 12.8. The number of aliphatic carboxylic acids is 1. The summed E-state index contributed by atoms with van der Waals surface area (Å²) in [5.41, 5.74) is 0.01000. The molecule has 39 heavy (non-hydrogen) atoms. The molecule has 2 atom stereocenters. The van der Waals surface area contributed by atoms with Crippen LogP contribution in [0.5, 0.6) is 0 Å². The van der Waals surface area contributed by atoms with Gasteiger partial charge in [-0.3, -0.25) is 19.2 Å². The fraction of sp³-hybridized carbons (Fsp3) is 0.393. The van der Waals surface area contributed by atoms with Gasteiger partial charge in [-0.25, -0.2) is 8.78 Å². The fourth-order valence-corrected chi connectivity index (χ4v) is 5.38. The van der Waals surface area contributed by atoms with Crippen LogP contribution in [0.2, 0.25) is 0 Å². The topological polar surface area (TPSA) is 131 Å². The Morgan fingerprint density at radius 1 is 0.949 bits per heavy atom. The van der Waals surface area contributed by atoms with Gasteiger partial charge in [-0.2, -0.15) is 5.26 Å². The van der Waals surface area contributed by atoms with E-state index in [4.69, 9.17) is 0 Å². The van der Waals surface area contributed by atoms with Crippen LogP contribution in [0.25, 0.3) is 0 Å². The predicted molar refractivity (Wildman–Crippen MR) is 134 cm³/mol. The normalized spacial score (nSPS) is 18.3. The number of nitrogens with zero attached hydrogens (tertiary/aromatic N) is 3. The highest BCUT2D eigenvalue weighted by Crippen LogP contribution is 2.29. The quantitative estimate of drug-likeness (QED) is 0.556. The maximum absolute atomic E-state index is 13.9. The average Bonchev–Trinajstić information content (AvgIpc) is 3.37. The molecule has 2 aromatic carbocycles. The van der Waals surface area contributed by atoms with Crippen LogP contribution in [0.15, 0.2) is 42.5 Å². The third kappa shape index (κ3) is 6.39. The van der Waals surface area contributed by atoms with Crippen LogP contribution in [0, 0.1) is 28.9 Å². The third-order valence-corrected chi connectivity index (χ3v) is 7.22. The van der Waals surface area contributed by atoms with E-state index < -0.39 is 47.5 Å². The number of halogens is 2. The second-order valence-corrected chi connectivity index (χ2v) is 9.83. The number of hydrogen-bond donors (Lipinski definition) is 2. The minimum atomic E-state index is -1.50. The first-order valence-electron chi connectivity index (χ1n) is 12.8. The molecular weight excluding hydrogens is 510 g/mol. The Morgan fingerprint density at radius 2 is 1.56 bits per heavy atom. The van der Waals surface area contributed by atoms with E-state index in [2.05, 4.69) is 5.32 Å². The molecular formula is C28H28F2N4O5. The zero-order valence-electron chi connectivity index (χ0n) is 21.1. The molecule has 0 aromatic heterocycles. The molecule has 9 nitrogen and oxygen atoms in total. The van der Waals surface area contributed by atoms with Gasteiger partial charge in [-0.05, 0) is 49.1 Å². The summed E-state index contributed by atoms with van der Waals surface area (Å²) >= 11 is 0. The van der Waals surface area contributed by atoms with Crippen molar-refractivity contribution < 1.29 is 33.1 Å². The van der Waals surface area contributed by atoms with Gasteiger partial charge >= 0.3 is 5.97 Å². The summed E-state index contributed by atoms with van der Waals surface area (Å²) in [6.45, 7) is -0.171. The fourth-order valence-electron chi connectivity index (χ4n) is 5.38. The zero-order valence-corrected chi connectivity index (χ0v) is 21.1. The number of carboxylic acids is 1. The Hall–Kier alpha value is -4.33. The van der Waals surface area contributed by atoms with E-state index in [0.717, 1.165) is 54.0 Å². The summed E-state index contributed by atoms with van der Waals surface area (Å²) in [5, 5.41) is 21.5. The molecule has 1 aliphatic carbocycles. The molecule has 2 aliphatic rings. The van der Waals surface area contributed by atoms with Crippen molar-refractivity contribution in [2.75, 3.05) is 13.1 Å². The zero-order chi connectivity index (χ0) is 28.1. The molecule has 4 rings (SSSR count). The molecule has 11 heteroatoms. The number of nitrogens with one attached hydrogen (secondary N) is 1. The molecule has 2 unspecified atom stereocenters. The van der Waals surface area contributed by atoms with Crippen molar-refractivity contribution in [3.63, 3.8) is 0 Å². The minimum absolute atomic E-state index is 0.0652. The van der Waals surface area contributed by atoms with Gasteiger partial charge in [0.15, 0.2) is 6.17 Å². The van der Waals surface area contributed by atoms with Crippen LogP contribution >= 0.6 is 0 Å². The van der Waals surface area contributed by atoms with Crippen LogP contribution in [0.4, 0.5) is 8.78 Å². The summed E-state index contributed by atoms with van der Waals surface area (Å²) in [7, 11) is 0. The largest absolute Gasteiger partial charge is 0.481 e. The lowest BCUT2D eigenvalue weighted by atomic mass is 9.82. The van der Waals surface area contributed by atoms with Crippen molar-refractivity contribution in [2.24, 2.45) is 5.92 Å². The van der Waals surface area contributed by atoms with Crippen LogP contribution in [0.1, 0.15) is 64.8 Å². The number of carboxylic acid groups (broad SMARTS) is 1. The van der Waals surface area contributed by atoms with E-state index in [0.29, 0.717) is 6.07 Å². The van der Waals surface area contributed by atoms with Crippen molar-refractivity contribution in [2.45, 2.75) is 50.7 Å². The van der Waals surface area contributed by atoms with Gasteiger partial charge in [-0.15, -0.1) is 0 Å². The smallest absolute Gasteiger partial charge is 0.305 e. The monoisotopic (exact) mass is 538 g/mol. The lowest BCUT2D eigenvalue weighted by molar-refractivity contribution is -0.138. The van der Waals surface area contributed by atoms with E-state index in [9.17, 15) is 38.3 Å². The van der Waals surface area contributed by atoms with E-state index in [-0.39, 0.29) is 42.1 Å². The van der Waals surface area contributed by atoms with Gasteiger partial charge in [0.1, 0.15) is 11.6 Å². The van der Waals surface area contributed by atoms with Crippen molar-refractivity contribution in [3.05, 3.63) is 70.8 Å². The summed E-state index contributed by atoms with van der Waals surface area (Å²) < 4.78 is 27.8. The molecule has 3 amide bonds. The van der Waals surface area contributed by atoms with Crippen LogP contribution in [-0.4, -0.2) is 63.9 Å². The van der Waals surface area contributed by atoms with E-state index in [1.54, 1.807) is 0 Å². The number of hydrogen-bond acceptors (Lipinski definition) is 5. The highest BCUT2D eigenvalue weighted by atomic mass is 19.1. The standard InChI is InChI=1S/C28H28F2N4O5/c29-21-12-20(13-22(30)14-21)28(39)34-10-9-33(27(38)19-8-4-5-17(11-19)16-31)26(34)25(37)32-23(15-24(35)36)18-6-2-1-3-7-18/h4-5,8,11-14,18,23,26H,1-3,6-7,9-10,15H2,(H,32,37)(H,35,36). The Bertz CT molecular complexity index is 1300. The number of amides is 3. The highest BCUT2D eigenvalue weighted by Gasteiger charge is 2.44. The molecule has 204 valence electrons. The van der Waals surface area contributed by atoms with Crippen LogP contribution < -0.4 is 5.32 Å². The first kappa shape index (κ1) is 27.7. The Balaban J connectivity index is 1.67. The van der Waals surface area contributed by atoms with Gasteiger partial charge in [-0.1, -0.05) is 25.3 Å². The maximum Gasteiger partial charge on any atom is 0.305 e.